The third kappa shape index (κ3) is 5.24. The fourth-order valence-electron chi connectivity index (χ4n) is 1.98. The van der Waals surface area contributed by atoms with Crippen LogP contribution in [0.1, 0.15) is 19.3 Å². The van der Waals surface area contributed by atoms with Crippen LogP contribution in [-0.4, -0.2) is 32.4 Å². The first-order valence-corrected chi connectivity index (χ1v) is 7.11. The number of aliphatic imine (C=N–C) groups is 2. The smallest absolute Gasteiger partial charge is 0.340 e. The Balaban J connectivity index is 3.17. The van der Waals surface area contributed by atoms with Gasteiger partial charge < -0.3 is 4.74 Å². The maximum atomic E-state index is 12.3. The minimum absolute atomic E-state index is 0.0138. The Labute approximate surface area is 139 Å². The van der Waals surface area contributed by atoms with Crippen LogP contribution in [0.4, 0.5) is 0 Å². The number of hydrogen-bond acceptors (Lipinski definition) is 9. The molecule has 1 aromatic rings. The summed E-state index contributed by atoms with van der Waals surface area (Å²) < 4.78 is 6.27. The SMILES string of the molecule is N#COCn1c(=O)n(CCCCCN=C=O)c(=O)n(CN=C=O)c1=O. The fourth-order valence-corrected chi connectivity index (χ4v) is 1.98. The van der Waals surface area contributed by atoms with Gasteiger partial charge in [0.2, 0.25) is 12.2 Å². The molecule has 1 rings (SSSR count). The Morgan fingerprint density at radius 3 is 2.16 bits per heavy atom. The largest absolute Gasteiger partial charge is 0.405 e. The van der Waals surface area contributed by atoms with Crippen LogP contribution in [0, 0.1) is 11.5 Å². The molecular weight excluding hydrogens is 336 g/mol. The van der Waals surface area contributed by atoms with E-state index in [0.717, 1.165) is 4.57 Å². The van der Waals surface area contributed by atoms with E-state index in [9.17, 15) is 24.0 Å². The van der Waals surface area contributed by atoms with Crippen LogP contribution in [0.5, 0.6) is 0 Å². The zero-order valence-electron chi connectivity index (χ0n) is 13.1. The average molecular weight is 350 g/mol. The molecule has 12 heteroatoms. The minimum Gasteiger partial charge on any atom is -0.405 e. The number of nitrogens with zero attached hydrogens (tertiary/aromatic N) is 6. The molecule has 25 heavy (non-hydrogen) atoms. The van der Waals surface area contributed by atoms with Crippen molar-refractivity contribution >= 4 is 12.2 Å². The van der Waals surface area contributed by atoms with E-state index in [4.69, 9.17) is 5.26 Å². The topological polar surface area (TPSA) is 158 Å². The molecule has 0 aromatic carbocycles. The van der Waals surface area contributed by atoms with Crippen molar-refractivity contribution in [2.75, 3.05) is 6.54 Å². The number of ether oxygens (including phenoxy) is 1. The third-order valence-electron chi connectivity index (χ3n) is 3.14. The highest BCUT2D eigenvalue weighted by Crippen LogP contribution is 1.96. The molecule has 0 amide bonds. The summed E-state index contributed by atoms with van der Waals surface area (Å²) in [5.74, 6) is 0. The highest BCUT2D eigenvalue weighted by atomic mass is 16.5. The van der Waals surface area contributed by atoms with Gasteiger partial charge in [0.1, 0.15) is 6.67 Å². The lowest BCUT2D eigenvalue weighted by Gasteiger charge is -2.11. The van der Waals surface area contributed by atoms with Crippen LogP contribution in [0.15, 0.2) is 24.4 Å². The summed E-state index contributed by atoms with van der Waals surface area (Å²) in [6.07, 6.45) is 5.44. The molecule has 0 radical (unpaired) electrons. The number of unbranched alkanes of at least 4 members (excludes halogenated alkanes) is 2. The molecule has 0 unspecified atom stereocenters. The highest BCUT2D eigenvalue weighted by Gasteiger charge is 2.15. The van der Waals surface area contributed by atoms with Gasteiger partial charge in [-0.05, 0) is 19.3 Å². The summed E-state index contributed by atoms with van der Waals surface area (Å²) in [5.41, 5.74) is -2.93. The molecule has 0 saturated carbocycles. The molecule has 132 valence electrons. The van der Waals surface area contributed by atoms with E-state index in [1.807, 2.05) is 0 Å². The van der Waals surface area contributed by atoms with Crippen molar-refractivity contribution in [3.8, 4) is 6.26 Å². The monoisotopic (exact) mass is 350 g/mol. The summed E-state index contributed by atoms with van der Waals surface area (Å²) >= 11 is 0. The van der Waals surface area contributed by atoms with Gasteiger partial charge >= 0.3 is 17.1 Å². The molecule has 12 nitrogen and oxygen atoms in total. The predicted octanol–water partition coefficient (Wildman–Crippen LogP) is -1.57. The molecule has 0 atom stereocenters. The molecule has 0 aliphatic rings. The molecule has 1 aromatic heterocycles. The fraction of sp³-hybridized carbons (Fsp3) is 0.538. The van der Waals surface area contributed by atoms with Gasteiger partial charge in [-0.2, -0.15) is 10.3 Å². The molecule has 0 spiro atoms. The van der Waals surface area contributed by atoms with Crippen LogP contribution in [-0.2, 0) is 34.3 Å². The lowest BCUT2D eigenvalue weighted by atomic mass is 10.2. The zero-order valence-corrected chi connectivity index (χ0v) is 13.1. The first kappa shape index (κ1) is 19.5. The number of isocyanates is 2. The van der Waals surface area contributed by atoms with Gasteiger partial charge in [0.15, 0.2) is 6.73 Å². The van der Waals surface area contributed by atoms with Crippen LogP contribution in [0.2, 0.25) is 0 Å². The van der Waals surface area contributed by atoms with Crippen LogP contribution in [0.25, 0.3) is 0 Å². The van der Waals surface area contributed by atoms with Gasteiger partial charge in [0.25, 0.3) is 6.26 Å². The number of aromatic nitrogens is 3. The highest BCUT2D eigenvalue weighted by molar-refractivity contribution is 5.32. The molecule has 0 aliphatic heterocycles. The summed E-state index contributed by atoms with van der Waals surface area (Å²) in [4.78, 5) is 63.3. The van der Waals surface area contributed by atoms with Crippen molar-refractivity contribution in [3.63, 3.8) is 0 Å². The molecule has 0 saturated heterocycles. The van der Waals surface area contributed by atoms with E-state index in [2.05, 4.69) is 14.7 Å². The van der Waals surface area contributed by atoms with Crippen molar-refractivity contribution in [2.45, 2.75) is 39.2 Å². The quantitative estimate of drug-likeness (QED) is 0.213. The summed E-state index contributed by atoms with van der Waals surface area (Å²) in [6.45, 7) is -1.01. The average Bonchev–Trinajstić information content (AvgIpc) is 2.60. The van der Waals surface area contributed by atoms with E-state index in [0.29, 0.717) is 28.4 Å². The first-order valence-electron chi connectivity index (χ1n) is 7.11. The van der Waals surface area contributed by atoms with Gasteiger partial charge in [-0.25, -0.2) is 42.7 Å². The normalized spacial score (nSPS) is 9.56. The molecule has 0 aliphatic carbocycles. The van der Waals surface area contributed by atoms with Crippen molar-refractivity contribution in [3.05, 3.63) is 31.5 Å². The van der Waals surface area contributed by atoms with E-state index in [1.54, 1.807) is 0 Å². The summed E-state index contributed by atoms with van der Waals surface area (Å²) in [7, 11) is 0. The van der Waals surface area contributed by atoms with Gasteiger partial charge in [-0.1, -0.05) is 0 Å². The first-order chi connectivity index (χ1) is 12.1. The van der Waals surface area contributed by atoms with E-state index in [1.165, 1.54) is 18.4 Å². The lowest BCUT2D eigenvalue weighted by Crippen LogP contribution is -2.54. The molecule has 0 N–H and O–H groups in total. The second-order valence-corrected chi connectivity index (χ2v) is 4.64. The Morgan fingerprint density at radius 2 is 1.52 bits per heavy atom. The van der Waals surface area contributed by atoms with Gasteiger partial charge in [0.05, 0.1) is 6.54 Å². The Hall–Kier alpha value is -3.54. The van der Waals surface area contributed by atoms with Gasteiger partial charge in [0, 0.05) is 6.54 Å². The Bertz CT molecular complexity index is 907. The van der Waals surface area contributed by atoms with Crippen molar-refractivity contribution < 1.29 is 14.3 Å². The number of hydrogen-bond donors (Lipinski definition) is 0. The third-order valence-corrected chi connectivity index (χ3v) is 3.14. The second kappa shape index (κ2) is 10.3. The standard InChI is InChI=1S/C13H14N6O6/c14-6-25-10-19-12(23)17(5-3-1-2-4-15-8-20)11(22)18(13(19)24)7-16-9-21/h1-5,7,10H2. The number of nitriles is 1. The van der Waals surface area contributed by atoms with Gasteiger partial charge in [-0.3, -0.25) is 0 Å². The lowest BCUT2D eigenvalue weighted by molar-refractivity contribution is 0.175. The minimum atomic E-state index is -1.05. The molecular formula is C13H14N6O6. The van der Waals surface area contributed by atoms with E-state index >= 15 is 0 Å². The Morgan fingerprint density at radius 1 is 0.880 bits per heavy atom. The summed E-state index contributed by atoms with van der Waals surface area (Å²) in [5, 5.41) is 8.42. The van der Waals surface area contributed by atoms with Crippen LogP contribution in [0.3, 0.4) is 0 Å². The van der Waals surface area contributed by atoms with E-state index < -0.39 is 30.5 Å². The second-order valence-electron chi connectivity index (χ2n) is 4.64. The predicted molar refractivity (Wildman–Crippen MR) is 80.9 cm³/mol. The molecule has 0 fully saturated rings. The maximum Gasteiger partial charge on any atom is 0.340 e. The van der Waals surface area contributed by atoms with Crippen LogP contribution < -0.4 is 17.1 Å². The molecule has 0 bridgehead atoms. The number of carbonyl (C=O) groups excluding carboxylic acids is 2. The summed E-state index contributed by atoms with van der Waals surface area (Å²) in [6, 6.07) is 0. The van der Waals surface area contributed by atoms with E-state index in [-0.39, 0.29) is 13.1 Å². The van der Waals surface area contributed by atoms with Crippen LogP contribution >= 0.6 is 0 Å². The van der Waals surface area contributed by atoms with Crippen molar-refractivity contribution in [2.24, 2.45) is 9.98 Å². The Kier molecular flexibility index (Phi) is 8.02. The molecule has 1 heterocycles. The zero-order chi connectivity index (χ0) is 18.7. The van der Waals surface area contributed by atoms with Crippen molar-refractivity contribution in [1.29, 1.82) is 5.26 Å². The maximum absolute atomic E-state index is 12.3. The van der Waals surface area contributed by atoms with Crippen molar-refractivity contribution in [1.82, 2.24) is 13.7 Å². The number of rotatable bonds is 10. The van der Waals surface area contributed by atoms with Gasteiger partial charge in [-0.15, -0.1) is 0 Å².